The number of aliphatic carboxylic acids is 1. The Hall–Kier alpha value is -1.30. The number of hydrogen-bond donors (Lipinski definition) is 5. The van der Waals surface area contributed by atoms with Crippen LogP contribution in [-0.2, 0) is 19.1 Å². The van der Waals surface area contributed by atoms with Gasteiger partial charge in [-0.2, -0.15) is 0 Å². The lowest BCUT2D eigenvalue weighted by atomic mass is 9.43. The van der Waals surface area contributed by atoms with Gasteiger partial charge in [-0.1, -0.05) is 20.8 Å². The van der Waals surface area contributed by atoms with E-state index < -0.39 is 42.6 Å². The first-order valence-electron chi connectivity index (χ1n) is 15.2. The van der Waals surface area contributed by atoms with Crippen LogP contribution in [0.25, 0.3) is 0 Å². The van der Waals surface area contributed by atoms with Crippen LogP contribution in [0.5, 0.6) is 0 Å². The van der Waals surface area contributed by atoms with Crippen LogP contribution in [0, 0.1) is 46.3 Å². The molecule has 1 saturated heterocycles. The first kappa shape index (κ1) is 30.2. The average molecular weight is 568 g/mol. The van der Waals surface area contributed by atoms with Crippen molar-refractivity contribution in [3.8, 4) is 0 Å². The van der Waals surface area contributed by atoms with Gasteiger partial charge in [0.15, 0.2) is 0 Å². The maximum Gasteiger partial charge on any atom is 0.308 e. The third-order valence-corrected chi connectivity index (χ3v) is 12.3. The van der Waals surface area contributed by atoms with Crippen molar-refractivity contribution in [1.29, 1.82) is 0 Å². The van der Waals surface area contributed by atoms with Crippen LogP contribution in [0.2, 0.25) is 0 Å². The van der Waals surface area contributed by atoms with E-state index in [9.17, 15) is 40.2 Å². The van der Waals surface area contributed by atoms with Crippen LogP contribution >= 0.6 is 0 Å². The van der Waals surface area contributed by atoms with Gasteiger partial charge in [-0.15, -0.1) is 0 Å². The molecule has 5 fully saturated rings. The first-order chi connectivity index (χ1) is 18.8. The van der Waals surface area contributed by atoms with Gasteiger partial charge < -0.3 is 44.9 Å². The molecule has 0 aromatic heterocycles. The van der Waals surface area contributed by atoms with Gasteiger partial charge >= 0.3 is 5.97 Å². The zero-order chi connectivity index (χ0) is 29.1. The standard InChI is InChI=1S/C30H48O10/c1-14(4-7-21(33)39-28-25(36)23(34)24(35)26(40-28)27(37)38)17-5-6-18-22-19(9-11-30(17,18)3)29(2)10-8-16(31)12-15(29)13-20(22)32/h14-20,22-26,28,31-32,34-36H,4-13H2,1-3H3,(H,37,38)/p-1/t14-,15+,16-,17-,18+,19+,20-,22+,23+,24+,25-,26+,28-,29+,30-/m1/s1. The number of carboxylic acid groups (broad SMARTS) is 1. The molecule has 0 amide bonds. The summed E-state index contributed by atoms with van der Waals surface area (Å²) in [6.07, 6.45) is -1.50. The Morgan fingerprint density at radius 3 is 2.30 bits per heavy atom. The molecule has 10 heteroatoms. The van der Waals surface area contributed by atoms with Crippen LogP contribution < -0.4 is 5.11 Å². The van der Waals surface area contributed by atoms with Gasteiger partial charge in [0.25, 0.3) is 0 Å². The highest BCUT2D eigenvalue weighted by Gasteiger charge is 2.62. The molecule has 0 aromatic carbocycles. The molecule has 5 N–H and O–H groups in total. The van der Waals surface area contributed by atoms with Crippen LogP contribution in [0.15, 0.2) is 0 Å². The Labute approximate surface area is 236 Å². The minimum atomic E-state index is -1.92. The van der Waals surface area contributed by atoms with Gasteiger partial charge in [0, 0.05) is 6.42 Å². The molecule has 40 heavy (non-hydrogen) atoms. The summed E-state index contributed by atoms with van der Waals surface area (Å²) < 4.78 is 10.2. The molecule has 0 aromatic rings. The van der Waals surface area contributed by atoms with E-state index in [0.717, 1.165) is 51.4 Å². The van der Waals surface area contributed by atoms with Crippen molar-refractivity contribution in [2.24, 2.45) is 46.3 Å². The molecule has 10 nitrogen and oxygen atoms in total. The Kier molecular flexibility index (Phi) is 8.36. The molecular weight excluding hydrogens is 520 g/mol. The fraction of sp³-hybridized carbons (Fsp3) is 0.933. The number of carbonyl (C=O) groups excluding carboxylic acids is 2. The summed E-state index contributed by atoms with van der Waals surface area (Å²) in [6, 6.07) is 0. The maximum absolute atomic E-state index is 12.7. The van der Waals surface area contributed by atoms with E-state index in [0.29, 0.717) is 30.1 Å². The van der Waals surface area contributed by atoms with Gasteiger partial charge in [0.1, 0.15) is 24.4 Å². The quantitative estimate of drug-likeness (QED) is 0.284. The number of aliphatic hydroxyl groups excluding tert-OH is 5. The van der Waals surface area contributed by atoms with Crippen molar-refractivity contribution in [2.45, 2.75) is 128 Å². The van der Waals surface area contributed by atoms with E-state index in [1.54, 1.807) is 0 Å². The van der Waals surface area contributed by atoms with Gasteiger partial charge in [-0.05, 0) is 104 Å². The summed E-state index contributed by atoms with van der Waals surface area (Å²) in [6.45, 7) is 6.91. The molecule has 1 heterocycles. The zero-order valence-electron chi connectivity index (χ0n) is 23.9. The SMILES string of the molecule is C[C@H](CCC(=O)O[C@@H]1O[C@H](C(=O)[O-])[C@@H](O)[C@H](O)[C@H]1O)[C@H]1CC[C@H]2[C@@H]3[C@H](O)C[C@@H]4C[C@H](O)CC[C@]4(C)[C@H]3CC[C@]12C. The lowest BCUT2D eigenvalue weighted by Crippen LogP contribution is -2.62. The first-order valence-corrected chi connectivity index (χ1v) is 15.2. The molecule has 15 atom stereocenters. The minimum Gasteiger partial charge on any atom is -0.547 e. The molecule has 0 bridgehead atoms. The smallest absolute Gasteiger partial charge is 0.308 e. The number of aliphatic hydroxyl groups is 5. The van der Waals surface area contributed by atoms with E-state index in [2.05, 4.69) is 20.8 Å². The van der Waals surface area contributed by atoms with E-state index in [1.165, 1.54) is 0 Å². The number of carbonyl (C=O) groups is 2. The lowest BCUT2D eigenvalue weighted by molar-refractivity contribution is -0.346. The highest BCUT2D eigenvalue weighted by molar-refractivity contribution is 5.71. The van der Waals surface area contributed by atoms with Gasteiger partial charge in [0.05, 0.1) is 18.2 Å². The van der Waals surface area contributed by atoms with Crippen molar-refractivity contribution in [1.82, 2.24) is 0 Å². The van der Waals surface area contributed by atoms with Gasteiger partial charge in [-0.25, -0.2) is 0 Å². The summed E-state index contributed by atoms with van der Waals surface area (Å²) in [4.78, 5) is 23.9. The molecule has 1 aliphatic heterocycles. The zero-order valence-corrected chi connectivity index (χ0v) is 23.9. The van der Waals surface area contributed by atoms with Crippen LogP contribution in [0.3, 0.4) is 0 Å². The highest BCUT2D eigenvalue weighted by Crippen LogP contribution is 2.68. The summed E-state index contributed by atoms with van der Waals surface area (Å²) >= 11 is 0. The van der Waals surface area contributed by atoms with Crippen molar-refractivity contribution < 1.29 is 49.7 Å². The van der Waals surface area contributed by atoms with E-state index >= 15 is 0 Å². The number of fused-ring (bicyclic) bond motifs is 5. The van der Waals surface area contributed by atoms with Crippen molar-refractivity contribution >= 4 is 11.9 Å². The summed E-state index contributed by atoms with van der Waals surface area (Å²) in [5.74, 6) is -0.344. The number of ether oxygens (including phenoxy) is 2. The molecule has 0 unspecified atom stereocenters. The number of hydrogen-bond acceptors (Lipinski definition) is 10. The fourth-order valence-electron chi connectivity index (χ4n) is 10.1. The van der Waals surface area contributed by atoms with Gasteiger partial charge in [0.2, 0.25) is 6.29 Å². The van der Waals surface area contributed by atoms with Gasteiger partial charge in [-0.3, -0.25) is 4.79 Å². The van der Waals surface area contributed by atoms with Crippen LogP contribution in [-0.4, -0.2) is 80.4 Å². The molecule has 5 rings (SSSR count). The number of carboxylic acids is 1. The normalized spacial score (nSPS) is 51.2. The summed E-state index contributed by atoms with van der Waals surface area (Å²) in [5, 5.41) is 62.8. The van der Waals surface area contributed by atoms with Crippen LogP contribution in [0.1, 0.15) is 85.0 Å². The maximum atomic E-state index is 12.7. The molecule has 0 spiro atoms. The Bertz CT molecular complexity index is 959. The topological polar surface area (TPSA) is 177 Å². The monoisotopic (exact) mass is 567 g/mol. The van der Waals surface area contributed by atoms with Crippen molar-refractivity contribution in [3.63, 3.8) is 0 Å². The molecule has 5 aliphatic rings. The predicted molar refractivity (Wildman–Crippen MR) is 139 cm³/mol. The number of esters is 1. The van der Waals surface area contributed by atoms with Crippen molar-refractivity contribution in [3.05, 3.63) is 0 Å². The molecular formula is C30H47O10-. The fourth-order valence-corrected chi connectivity index (χ4v) is 10.1. The average Bonchev–Trinajstić information content (AvgIpc) is 3.25. The molecule has 4 aliphatic carbocycles. The van der Waals surface area contributed by atoms with E-state index in [-0.39, 0.29) is 41.3 Å². The minimum absolute atomic E-state index is 0.0381. The van der Waals surface area contributed by atoms with E-state index in [1.807, 2.05) is 0 Å². The molecule has 228 valence electrons. The number of rotatable bonds is 6. The van der Waals surface area contributed by atoms with Crippen LogP contribution in [0.4, 0.5) is 0 Å². The second-order valence-corrected chi connectivity index (χ2v) is 14.2. The third-order valence-electron chi connectivity index (χ3n) is 12.3. The second kappa shape index (κ2) is 11.1. The molecule has 0 radical (unpaired) electrons. The predicted octanol–water partition coefficient (Wildman–Crippen LogP) is 0.494. The lowest BCUT2D eigenvalue weighted by Gasteiger charge is -2.62. The molecule has 4 saturated carbocycles. The van der Waals surface area contributed by atoms with Crippen molar-refractivity contribution in [2.75, 3.05) is 0 Å². The summed E-state index contributed by atoms with van der Waals surface area (Å²) in [5.41, 5.74) is 0.233. The Morgan fingerprint density at radius 1 is 0.925 bits per heavy atom. The summed E-state index contributed by atoms with van der Waals surface area (Å²) in [7, 11) is 0. The van der Waals surface area contributed by atoms with E-state index in [4.69, 9.17) is 9.47 Å². The second-order valence-electron chi connectivity index (χ2n) is 14.2. The Morgan fingerprint density at radius 2 is 1.60 bits per heavy atom. The Balaban J connectivity index is 1.20. The highest BCUT2D eigenvalue weighted by atomic mass is 16.7. The largest absolute Gasteiger partial charge is 0.547 e. The third kappa shape index (κ3) is 5.00.